The largest absolute Gasteiger partial charge is 0.348 e. The Morgan fingerprint density at radius 1 is 0.818 bits per heavy atom. The second-order valence-corrected chi connectivity index (χ2v) is 10.6. The number of nitrogens with zero attached hydrogens (tertiary/aromatic N) is 1. The van der Waals surface area contributed by atoms with Gasteiger partial charge >= 0.3 is 0 Å². The van der Waals surface area contributed by atoms with E-state index in [0.717, 1.165) is 33.4 Å². The van der Waals surface area contributed by atoms with E-state index in [1.807, 2.05) is 65.8 Å². The maximum absolute atomic E-state index is 13.6. The Morgan fingerprint density at radius 2 is 1.36 bits per heavy atom. The van der Waals surface area contributed by atoms with Crippen molar-refractivity contribution in [3.05, 3.63) is 94.0 Å². The third-order valence-electron chi connectivity index (χ3n) is 5.79. The van der Waals surface area contributed by atoms with Crippen molar-refractivity contribution in [1.29, 1.82) is 0 Å². The minimum atomic E-state index is -3.94. The summed E-state index contributed by atoms with van der Waals surface area (Å²) in [5, 5.41) is 2.98. The summed E-state index contributed by atoms with van der Waals surface area (Å²) < 4.78 is 28.4. The average molecular weight is 465 g/mol. The maximum Gasteiger partial charge on any atom is 0.264 e. The van der Waals surface area contributed by atoms with Gasteiger partial charge in [-0.1, -0.05) is 59.2 Å². The Labute approximate surface area is 197 Å². The Bertz CT molecular complexity index is 1270. The summed E-state index contributed by atoms with van der Waals surface area (Å²) >= 11 is 0. The summed E-state index contributed by atoms with van der Waals surface area (Å²) in [6.07, 6.45) is 0. The highest BCUT2D eigenvalue weighted by atomic mass is 32.2. The number of carbonyl (C=O) groups is 1. The van der Waals surface area contributed by atoms with E-state index in [-0.39, 0.29) is 23.4 Å². The summed E-state index contributed by atoms with van der Waals surface area (Å²) in [6, 6.07) is 18.0. The van der Waals surface area contributed by atoms with Crippen LogP contribution < -0.4 is 9.62 Å². The monoisotopic (exact) mass is 464 g/mol. The highest BCUT2D eigenvalue weighted by Gasteiger charge is 2.29. The molecule has 1 amide bonds. The first kappa shape index (κ1) is 24.5. The number of amides is 1. The van der Waals surface area contributed by atoms with E-state index in [1.165, 1.54) is 4.31 Å². The molecule has 0 aliphatic heterocycles. The zero-order valence-electron chi connectivity index (χ0n) is 20.1. The number of hydrogen-bond donors (Lipinski definition) is 1. The molecule has 1 atom stereocenters. The third kappa shape index (κ3) is 5.63. The Hall–Kier alpha value is -3.12. The Kier molecular flexibility index (Phi) is 7.28. The zero-order chi connectivity index (χ0) is 24.3. The lowest BCUT2D eigenvalue weighted by molar-refractivity contribution is -0.120. The first-order chi connectivity index (χ1) is 15.5. The van der Waals surface area contributed by atoms with Crippen molar-refractivity contribution in [1.82, 2.24) is 5.32 Å². The van der Waals surface area contributed by atoms with E-state index in [2.05, 4.69) is 11.4 Å². The number of hydrogen-bond acceptors (Lipinski definition) is 3. The third-order valence-corrected chi connectivity index (χ3v) is 7.56. The normalized spacial score (nSPS) is 12.3. The Balaban J connectivity index is 1.94. The number of carbonyl (C=O) groups excluding carboxylic acids is 1. The molecule has 0 saturated carbocycles. The first-order valence-electron chi connectivity index (χ1n) is 11.0. The lowest BCUT2D eigenvalue weighted by Gasteiger charge is -2.27. The van der Waals surface area contributed by atoms with Gasteiger partial charge in [-0.25, -0.2) is 8.42 Å². The van der Waals surface area contributed by atoms with Crippen LogP contribution in [0.1, 0.15) is 46.3 Å². The SMILES string of the molecule is Cc1ccc(S(=O)(=O)N(CC(=O)N[C@H](C)c2ccc(C)cc2C)c2ccc(C)cc2C)cc1. The number of benzene rings is 3. The molecule has 1 N–H and O–H groups in total. The minimum Gasteiger partial charge on any atom is -0.348 e. The van der Waals surface area contributed by atoms with Crippen molar-refractivity contribution >= 4 is 21.6 Å². The fraction of sp³-hybridized carbons (Fsp3) is 0.296. The van der Waals surface area contributed by atoms with Crippen LogP contribution in [-0.2, 0) is 14.8 Å². The van der Waals surface area contributed by atoms with Crippen molar-refractivity contribution < 1.29 is 13.2 Å². The van der Waals surface area contributed by atoms with E-state index in [4.69, 9.17) is 0 Å². The minimum absolute atomic E-state index is 0.156. The molecule has 6 heteroatoms. The second kappa shape index (κ2) is 9.79. The van der Waals surface area contributed by atoms with Gasteiger partial charge in [-0.3, -0.25) is 9.10 Å². The molecule has 33 heavy (non-hydrogen) atoms. The molecule has 0 radical (unpaired) electrons. The van der Waals surface area contributed by atoms with Crippen LogP contribution >= 0.6 is 0 Å². The van der Waals surface area contributed by atoms with Crippen LogP contribution in [0.5, 0.6) is 0 Å². The van der Waals surface area contributed by atoms with Crippen LogP contribution in [0, 0.1) is 34.6 Å². The topological polar surface area (TPSA) is 66.5 Å². The van der Waals surface area contributed by atoms with E-state index < -0.39 is 10.0 Å². The molecular weight excluding hydrogens is 432 g/mol. The molecule has 0 saturated heterocycles. The van der Waals surface area contributed by atoms with Crippen LogP contribution in [0.25, 0.3) is 0 Å². The maximum atomic E-state index is 13.6. The molecule has 3 aromatic carbocycles. The molecule has 3 aromatic rings. The summed E-state index contributed by atoms with van der Waals surface area (Å²) in [4.78, 5) is 13.2. The molecule has 0 bridgehead atoms. The van der Waals surface area contributed by atoms with Crippen molar-refractivity contribution in [2.24, 2.45) is 0 Å². The fourth-order valence-electron chi connectivity index (χ4n) is 4.03. The number of anilines is 1. The highest BCUT2D eigenvalue weighted by Crippen LogP contribution is 2.28. The highest BCUT2D eigenvalue weighted by molar-refractivity contribution is 7.92. The van der Waals surface area contributed by atoms with Crippen molar-refractivity contribution in [2.75, 3.05) is 10.8 Å². The standard InChI is InChI=1S/C27H32N2O3S/c1-18-7-11-24(12-8-18)33(31,32)29(26-14-10-20(3)16-22(26)5)17-27(30)28-23(6)25-13-9-19(2)15-21(25)4/h7-16,23H,17H2,1-6H3,(H,28,30)/t23-/m1/s1. The van der Waals surface area contributed by atoms with Crippen molar-refractivity contribution in [3.8, 4) is 0 Å². The van der Waals surface area contributed by atoms with Gasteiger partial charge in [0, 0.05) is 0 Å². The lowest BCUT2D eigenvalue weighted by Crippen LogP contribution is -2.42. The molecule has 0 aliphatic carbocycles. The van der Waals surface area contributed by atoms with Gasteiger partial charge in [0.05, 0.1) is 16.6 Å². The molecule has 0 unspecified atom stereocenters. The molecule has 0 heterocycles. The van der Waals surface area contributed by atoms with Gasteiger partial charge in [0.1, 0.15) is 6.54 Å². The molecule has 0 aliphatic rings. The fourth-order valence-corrected chi connectivity index (χ4v) is 5.51. The molecule has 0 fully saturated rings. The van der Waals surface area contributed by atoms with Gasteiger partial charge in [-0.15, -0.1) is 0 Å². The van der Waals surface area contributed by atoms with E-state index >= 15 is 0 Å². The average Bonchev–Trinajstić information content (AvgIpc) is 2.72. The van der Waals surface area contributed by atoms with Gasteiger partial charge in [0.15, 0.2) is 0 Å². The predicted octanol–water partition coefficient (Wildman–Crippen LogP) is 5.30. The summed E-state index contributed by atoms with van der Waals surface area (Å²) in [6.45, 7) is 11.3. The number of rotatable bonds is 7. The summed E-state index contributed by atoms with van der Waals surface area (Å²) in [7, 11) is -3.94. The van der Waals surface area contributed by atoms with Crippen LogP contribution in [-0.4, -0.2) is 20.9 Å². The van der Waals surface area contributed by atoms with Gasteiger partial charge in [0.2, 0.25) is 5.91 Å². The summed E-state index contributed by atoms with van der Waals surface area (Å²) in [5.41, 5.74) is 6.52. The number of nitrogens with one attached hydrogen (secondary N) is 1. The van der Waals surface area contributed by atoms with Crippen molar-refractivity contribution in [2.45, 2.75) is 52.5 Å². The quantitative estimate of drug-likeness (QED) is 0.516. The van der Waals surface area contributed by atoms with Crippen LogP contribution in [0.3, 0.4) is 0 Å². The molecular formula is C27H32N2O3S. The van der Waals surface area contributed by atoms with E-state index in [9.17, 15) is 13.2 Å². The van der Waals surface area contributed by atoms with Gasteiger partial charge < -0.3 is 5.32 Å². The Morgan fingerprint density at radius 3 is 1.94 bits per heavy atom. The molecule has 174 valence electrons. The first-order valence-corrected chi connectivity index (χ1v) is 12.5. The predicted molar refractivity (Wildman–Crippen MR) is 134 cm³/mol. The van der Waals surface area contributed by atoms with Crippen LogP contribution in [0.4, 0.5) is 5.69 Å². The van der Waals surface area contributed by atoms with Crippen LogP contribution in [0.2, 0.25) is 0 Å². The molecule has 0 aromatic heterocycles. The van der Waals surface area contributed by atoms with Crippen molar-refractivity contribution in [3.63, 3.8) is 0 Å². The van der Waals surface area contributed by atoms with Gasteiger partial charge in [0.25, 0.3) is 10.0 Å². The second-order valence-electron chi connectivity index (χ2n) is 8.76. The molecule has 0 spiro atoms. The van der Waals surface area contributed by atoms with Gasteiger partial charge in [-0.05, 0) is 76.4 Å². The zero-order valence-corrected chi connectivity index (χ0v) is 21.0. The number of aryl methyl sites for hydroxylation is 5. The van der Waals surface area contributed by atoms with E-state index in [1.54, 1.807) is 30.3 Å². The number of sulfonamides is 1. The van der Waals surface area contributed by atoms with Gasteiger partial charge in [-0.2, -0.15) is 0 Å². The van der Waals surface area contributed by atoms with Crippen LogP contribution in [0.15, 0.2) is 65.6 Å². The van der Waals surface area contributed by atoms with E-state index in [0.29, 0.717) is 5.69 Å². The smallest absolute Gasteiger partial charge is 0.264 e. The molecule has 5 nitrogen and oxygen atoms in total. The lowest BCUT2D eigenvalue weighted by atomic mass is 10.0. The molecule has 3 rings (SSSR count). The summed E-state index contributed by atoms with van der Waals surface area (Å²) in [5.74, 6) is -0.363.